The highest BCUT2D eigenvalue weighted by Crippen LogP contribution is 2.09. The summed E-state index contributed by atoms with van der Waals surface area (Å²) in [7, 11) is 0. The molecule has 0 fully saturated rings. The molecule has 0 saturated heterocycles. The van der Waals surface area contributed by atoms with Crippen molar-refractivity contribution >= 4 is 11.8 Å². The molecule has 0 aliphatic carbocycles. The molecule has 0 amide bonds. The summed E-state index contributed by atoms with van der Waals surface area (Å²) in [6, 6.07) is 1.34. The predicted molar refractivity (Wildman–Crippen MR) is 59.4 cm³/mol. The fourth-order valence-electron chi connectivity index (χ4n) is 1.32. The van der Waals surface area contributed by atoms with E-state index in [1.54, 1.807) is 0 Å². The lowest BCUT2D eigenvalue weighted by atomic mass is 10.0. The third kappa shape index (κ3) is 4.12. The molecule has 1 aromatic heterocycles. The number of carbonyl (C=O) groups is 1. The van der Waals surface area contributed by atoms with Crippen LogP contribution in [-0.4, -0.2) is 27.6 Å². The molecule has 1 aromatic rings. The van der Waals surface area contributed by atoms with E-state index in [-0.39, 0.29) is 17.9 Å². The van der Waals surface area contributed by atoms with Gasteiger partial charge in [-0.3, -0.25) is 9.59 Å². The number of aromatic nitrogens is 2. The Morgan fingerprint density at radius 1 is 1.69 bits per heavy atom. The number of nitrogens with zero attached hydrogens (tertiary/aromatic N) is 1. The molecule has 0 aliphatic rings. The summed E-state index contributed by atoms with van der Waals surface area (Å²) in [6.07, 6.45) is 2.19. The van der Waals surface area contributed by atoms with Gasteiger partial charge in [0.25, 0.3) is 5.56 Å². The molecular weight excluding hydrogens is 210 g/mol. The van der Waals surface area contributed by atoms with Crippen LogP contribution in [0.5, 0.6) is 0 Å². The van der Waals surface area contributed by atoms with Gasteiger partial charge in [-0.15, -0.1) is 0 Å². The van der Waals surface area contributed by atoms with E-state index in [4.69, 9.17) is 5.11 Å². The monoisotopic (exact) mass is 225 g/mol. The average molecular weight is 225 g/mol. The average Bonchev–Trinajstić information content (AvgIpc) is 2.24. The Kier molecular flexibility index (Phi) is 4.50. The van der Waals surface area contributed by atoms with Crippen molar-refractivity contribution in [1.82, 2.24) is 9.97 Å². The van der Waals surface area contributed by atoms with Crippen LogP contribution in [0.15, 0.2) is 17.2 Å². The number of hydrogen-bond donors (Lipinski definition) is 3. The van der Waals surface area contributed by atoms with Crippen molar-refractivity contribution in [3.05, 3.63) is 22.7 Å². The molecule has 1 atom stereocenters. The van der Waals surface area contributed by atoms with Crippen molar-refractivity contribution in [3.8, 4) is 0 Å². The maximum absolute atomic E-state index is 11.0. The molecule has 16 heavy (non-hydrogen) atoms. The standard InChI is InChI=1S/C10H15N3O3/c1-2-7(3-10(15)16)5-11-8-4-9(14)13-6-12-8/h4,6-7H,2-3,5H2,1H3,(H,15,16)(H2,11,12,13,14). The van der Waals surface area contributed by atoms with E-state index in [9.17, 15) is 9.59 Å². The number of aromatic amines is 1. The molecule has 1 heterocycles. The number of H-pyrrole nitrogens is 1. The Morgan fingerprint density at radius 3 is 3.00 bits per heavy atom. The summed E-state index contributed by atoms with van der Waals surface area (Å²) in [5.41, 5.74) is -0.233. The molecule has 0 spiro atoms. The van der Waals surface area contributed by atoms with Crippen LogP contribution < -0.4 is 10.9 Å². The molecule has 0 bridgehead atoms. The van der Waals surface area contributed by atoms with Crippen molar-refractivity contribution in [2.24, 2.45) is 5.92 Å². The molecule has 3 N–H and O–H groups in total. The molecule has 0 radical (unpaired) electrons. The van der Waals surface area contributed by atoms with Crippen LogP contribution in [0, 0.1) is 5.92 Å². The number of carboxylic acid groups (broad SMARTS) is 1. The second-order valence-electron chi connectivity index (χ2n) is 3.55. The number of anilines is 1. The van der Waals surface area contributed by atoms with Crippen molar-refractivity contribution in [2.75, 3.05) is 11.9 Å². The molecule has 6 nitrogen and oxygen atoms in total. The summed E-state index contributed by atoms with van der Waals surface area (Å²) >= 11 is 0. The lowest BCUT2D eigenvalue weighted by Crippen LogP contribution is -2.18. The molecular formula is C10H15N3O3. The van der Waals surface area contributed by atoms with E-state index in [0.717, 1.165) is 6.42 Å². The lowest BCUT2D eigenvalue weighted by molar-refractivity contribution is -0.138. The number of rotatable bonds is 6. The minimum atomic E-state index is -0.812. The van der Waals surface area contributed by atoms with Crippen LogP contribution in [-0.2, 0) is 4.79 Å². The first-order chi connectivity index (χ1) is 7.61. The van der Waals surface area contributed by atoms with Gasteiger partial charge < -0.3 is 15.4 Å². The molecule has 6 heteroatoms. The first-order valence-electron chi connectivity index (χ1n) is 5.12. The van der Waals surface area contributed by atoms with E-state index < -0.39 is 5.97 Å². The molecule has 1 unspecified atom stereocenters. The van der Waals surface area contributed by atoms with Gasteiger partial charge in [0.05, 0.1) is 6.33 Å². The zero-order valence-electron chi connectivity index (χ0n) is 9.06. The highest BCUT2D eigenvalue weighted by Gasteiger charge is 2.10. The van der Waals surface area contributed by atoms with Crippen molar-refractivity contribution < 1.29 is 9.90 Å². The van der Waals surface area contributed by atoms with Crippen molar-refractivity contribution in [2.45, 2.75) is 19.8 Å². The number of carboxylic acids is 1. The van der Waals surface area contributed by atoms with Crippen LogP contribution in [0.1, 0.15) is 19.8 Å². The molecule has 0 aromatic carbocycles. The van der Waals surface area contributed by atoms with Gasteiger partial charge in [0.1, 0.15) is 5.82 Å². The summed E-state index contributed by atoms with van der Waals surface area (Å²) < 4.78 is 0. The van der Waals surface area contributed by atoms with Gasteiger partial charge in [-0.05, 0) is 5.92 Å². The van der Waals surface area contributed by atoms with Crippen LogP contribution in [0.3, 0.4) is 0 Å². The van der Waals surface area contributed by atoms with Crippen molar-refractivity contribution in [1.29, 1.82) is 0 Å². The zero-order valence-corrected chi connectivity index (χ0v) is 9.06. The minimum Gasteiger partial charge on any atom is -0.481 e. The number of aliphatic carboxylic acids is 1. The van der Waals surface area contributed by atoms with E-state index in [1.165, 1.54) is 12.4 Å². The third-order valence-corrected chi connectivity index (χ3v) is 2.29. The fraction of sp³-hybridized carbons (Fsp3) is 0.500. The Labute approximate surface area is 92.7 Å². The highest BCUT2D eigenvalue weighted by atomic mass is 16.4. The normalized spacial score (nSPS) is 12.1. The summed E-state index contributed by atoms with van der Waals surface area (Å²) in [5.74, 6) is -0.307. The van der Waals surface area contributed by atoms with Gasteiger partial charge in [-0.2, -0.15) is 0 Å². The zero-order chi connectivity index (χ0) is 12.0. The van der Waals surface area contributed by atoms with Crippen LogP contribution in [0.25, 0.3) is 0 Å². The first kappa shape index (κ1) is 12.2. The fourth-order valence-corrected chi connectivity index (χ4v) is 1.32. The first-order valence-corrected chi connectivity index (χ1v) is 5.12. The maximum atomic E-state index is 11.0. The van der Waals surface area contributed by atoms with Crippen LogP contribution >= 0.6 is 0 Å². The Morgan fingerprint density at radius 2 is 2.44 bits per heavy atom. The Hall–Kier alpha value is -1.85. The summed E-state index contributed by atoms with van der Waals surface area (Å²) in [5, 5.41) is 11.6. The highest BCUT2D eigenvalue weighted by molar-refractivity contribution is 5.67. The molecule has 1 rings (SSSR count). The van der Waals surface area contributed by atoms with Crippen LogP contribution in [0.4, 0.5) is 5.82 Å². The van der Waals surface area contributed by atoms with E-state index >= 15 is 0 Å². The Balaban J connectivity index is 2.49. The molecule has 0 aliphatic heterocycles. The summed E-state index contributed by atoms with van der Waals surface area (Å²) in [6.45, 7) is 2.43. The quantitative estimate of drug-likeness (QED) is 0.661. The van der Waals surface area contributed by atoms with Crippen LogP contribution in [0.2, 0.25) is 0 Å². The van der Waals surface area contributed by atoms with Gasteiger partial charge in [-0.1, -0.05) is 13.3 Å². The lowest BCUT2D eigenvalue weighted by Gasteiger charge is -2.13. The number of hydrogen-bond acceptors (Lipinski definition) is 4. The van der Waals surface area contributed by atoms with Gasteiger partial charge in [-0.25, -0.2) is 4.98 Å². The van der Waals surface area contributed by atoms with Gasteiger partial charge in [0.15, 0.2) is 0 Å². The predicted octanol–water partition coefficient (Wildman–Crippen LogP) is 0.683. The van der Waals surface area contributed by atoms with Gasteiger partial charge in [0.2, 0.25) is 0 Å². The second kappa shape index (κ2) is 5.89. The van der Waals surface area contributed by atoms with Crippen molar-refractivity contribution in [3.63, 3.8) is 0 Å². The number of nitrogens with one attached hydrogen (secondary N) is 2. The van der Waals surface area contributed by atoms with E-state index in [2.05, 4.69) is 15.3 Å². The largest absolute Gasteiger partial charge is 0.481 e. The van der Waals surface area contributed by atoms with E-state index in [0.29, 0.717) is 12.4 Å². The second-order valence-corrected chi connectivity index (χ2v) is 3.55. The van der Waals surface area contributed by atoms with Gasteiger partial charge >= 0.3 is 5.97 Å². The van der Waals surface area contributed by atoms with Gasteiger partial charge in [0, 0.05) is 19.0 Å². The Bertz CT molecular complexity index is 402. The summed E-state index contributed by atoms with van der Waals surface area (Å²) in [4.78, 5) is 27.8. The molecule has 0 saturated carbocycles. The third-order valence-electron chi connectivity index (χ3n) is 2.29. The maximum Gasteiger partial charge on any atom is 0.303 e. The molecule has 88 valence electrons. The van der Waals surface area contributed by atoms with E-state index in [1.807, 2.05) is 6.92 Å². The smallest absolute Gasteiger partial charge is 0.303 e. The minimum absolute atomic E-state index is 0.0404. The SMILES string of the molecule is CCC(CNc1cc(=O)[nH]cn1)CC(=O)O. The topological polar surface area (TPSA) is 95.1 Å².